The van der Waals surface area contributed by atoms with Gasteiger partial charge in [-0.05, 0) is 46.8 Å². The molecule has 1 aromatic carbocycles. The fraction of sp³-hybridized carbons (Fsp3) is 0.556. The molecule has 2 rings (SSSR count). The van der Waals surface area contributed by atoms with Crippen LogP contribution < -0.4 is 20.7 Å². The fourth-order valence-electron chi connectivity index (χ4n) is 2.14. The van der Waals surface area contributed by atoms with Crippen LogP contribution in [0.4, 0.5) is 0 Å². The Kier molecular flexibility index (Phi) is 7.43. The van der Waals surface area contributed by atoms with E-state index in [-0.39, 0.29) is 5.50 Å². The summed E-state index contributed by atoms with van der Waals surface area (Å²) in [5, 5.41) is 9.82. The third-order valence-electron chi connectivity index (χ3n) is 3.21. The van der Waals surface area contributed by atoms with Crippen molar-refractivity contribution in [2.75, 3.05) is 12.4 Å². The molecule has 0 spiro atoms. The lowest BCUT2D eigenvalue weighted by atomic mass is 10.2. The van der Waals surface area contributed by atoms with Gasteiger partial charge in [0.15, 0.2) is 5.50 Å². The lowest BCUT2D eigenvalue weighted by Gasteiger charge is -2.24. The lowest BCUT2D eigenvalue weighted by Crippen LogP contribution is -2.52. The van der Waals surface area contributed by atoms with Crippen LogP contribution in [0, 0.1) is 6.92 Å². The molecule has 0 aromatic heterocycles. The number of aryl methyl sites for hydroxylation is 1. The van der Waals surface area contributed by atoms with Crippen LogP contribution in [0.2, 0.25) is 0 Å². The number of aliphatic imine (C=N–C) groups is 2. The van der Waals surface area contributed by atoms with Crippen molar-refractivity contribution in [2.45, 2.75) is 52.2 Å². The highest BCUT2D eigenvalue weighted by Gasteiger charge is 2.18. The van der Waals surface area contributed by atoms with E-state index in [2.05, 4.69) is 72.7 Å². The summed E-state index contributed by atoms with van der Waals surface area (Å²) in [5.41, 5.74) is 1.06. The van der Waals surface area contributed by atoms with E-state index in [1.165, 1.54) is 5.56 Å². The largest absolute Gasteiger partial charge is 0.493 e. The van der Waals surface area contributed by atoms with E-state index in [1.807, 2.05) is 12.1 Å². The van der Waals surface area contributed by atoms with E-state index in [0.717, 1.165) is 23.4 Å². The van der Waals surface area contributed by atoms with Gasteiger partial charge in [0.25, 0.3) is 0 Å². The van der Waals surface area contributed by atoms with Crippen LogP contribution in [-0.2, 0) is 0 Å². The van der Waals surface area contributed by atoms with Crippen LogP contribution in [0.1, 0.15) is 33.3 Å². The van der Waals surface area contributed by atoms with Gasteiger partial charge in [0.2, 0.25) is 11.9 Å². The molecule has 0 atom stereocenters. The van der Waals surface area contributed by atoms with E-state index in [9.17, 15) is 0 Å². The van der Waals surface area contributed by atoms with Gasteiger partial charge in [-0.15, -0.1) is 11.8 Å². The van der Waals surface area contributed by atoms with Crippen LogP contribution in [0.15, 0.2) is 34.3 Å². The maximum absolute atomic E-state index is 5.77. The zero-order valence-electron chi connectivity index (χ0n) is 15.7. The highest BCUT2D eigenvalue weighted by atomic mass is 32.2. The minimum absolute atomic E-state index is 0.176. The minimum Gasteiger partial charge on any atom is -0.493 e. The number of hydrogen-bond acceptors (Lipinski definition) is 7. The second kappa shape index (κ2) is 9.56. The quantitative estimate of drug-likeness (QED) is 0.650. The van der Waals surface area contributed by atoms with Gasteiger partial charge in [0.05, 0.1) is 6.61 Å². The van der Waals surface area contributed by atoms with Crippen molar-refractivity contribution in [2.24, 2.45) is 9.98 Å². The van der Waals surface area contributed by atoms with E-state index < -0.39 is 0 Å². The van der Waals surface area contributed by atoms with Crippen molar-refractivity contribution < 1.29 is 4.74 Å². The molecule has 7 heteroatoms. The summed E-state index contributed by atoms with van der Waals surface area (Å²) in [6.45, 7) is 11.0. The molecule has 1 heterocycles. The number of hydrogen-bond donors (Lipinski definition) is 3. The molecule has 25 heavy (non-hydrogen) atoms. The third-order valence-corrected chi connectivity index (χ3v) is 4.12. The number of nitrogens with one attached hydrogen (secondary N) is 3. The van der Waals surface area contributed by atoms with E-state index in [1.54, 1.807) is 11.8 Å². The van der Waals surface area contributed by atoms with Crippen LogP contribution in [0.25, 0.3) is 0 Å². The number of guanidine groups is 2. The van der Waals surface area contributed by atoms with Crippen molar-refractivity contribution in [1.29, 1.82) is 0 Å². The van der Waals surface area contributed by atoms with Crippen molar-refractivity contribution >= 4 is 23.7 Å². The van der Waals surface area contributed by atoms with Gasteiger partial charge < -0.3 is 15.4 Å². The second-order valence-electron chi connectivity index (χ2n) is 6.54. The average molecular weight is 364 g/mol. The lowest BCUT2D eigenvalue weighted by molar-refractivity contribution is 0.343. The molecule has 0 amide bonds. The predicted octanol–water partition coefficient (Wildman–Crippen LogP) is 2.70. The molecule has 1 aliphatic rings. The van der Waals surface area contributed by atoms with Crippen molar-refractivity contribution in [3.8, 4) is 5.75 Å². The smallest absolute Gasteiger partial charge is 0.201 e. The standard InChI is InChI=1S/C18H29N5OS/c1-12(2)19-16-21-17(20-13(3)4)23-18(22-16)25-11-10-24-15-8-6-14(5)7-9-15/h6-9,12-13,18H,10-11H2,1-5H3,(H3,19,20,21,22,23). The molecule has 0 fully saturated rings. The van der Waals surface area contributed by atoms with Gasteiger partial charge in [-0.1, -0.05) is 17.7 Å². The summed E-state index contributed by atoms with van der Waals surface area (Å²) in [5.74, 6) is 3.22. The average Bonchev–Trinajstić information content (AvgIpc) is 2.52. The highest BCUT2D eigenvalue weighted by Crippen LogP contribution is 2.17. The third kappa shape index (κ3) is 7.25. The molecule has 138 valence electrons. The molecule has 1 aliphatic heterocycles. The van der Waals surface area contributed by atoms with Gasteiger partial charge in [-0.3, -0.25) is 5.32 Å². The predicted molar refractivity (Wildman–Crippen MR) is 107 cm³/mol. The van der Waals surface area contributed by atoms with E-state index >= 15 is 0 Å². The SMILES string of the molecule is Cc1ccc(OCCSC2N=C(NC(C)C)NC(NC(C)C)=N2)cc1. The summed E-state index contributed by atoms with van der Waals surface area (Å²) >= 11 is 1.66. The molecule has 0 saturated carbocycles. The molecular formula is C18H29N5OS. The Bertz CT molecular complexity index is 572. The Labute approximate surface area is 154 Å². The monoisotopic (exact) mass is 363 g/mol. The van der Waals surface area contributed by atoms with Crippen LogP contribution >= 0.6 is 11.8 Å². The van der Waals surface area contributed by atoms with E-state index in [4.69, 9.17) is 4.74 Å². The molecule has 0 bridgehead atoms. The molecule has 0 aliphatic carbocycles. The summed E-state index contributed by atoms with van der Waals surface area (Å²) in [6.07, 6.45) is 0. The first-order valence-corrected chi connectivity index (χ1v) is 9.74. The maximum atomic E-state index is 5.77. The summed E-state index contributed by atoms with van der Waals surface area (Å²) in [7, 11) is 0. The van der Waals surface area contributed by atoms with Crippen molar-refractivity contribution in [1.82, 2.24) is 16.0 Å². The summed E-state index contributed by atoms with van der Waals surface area (Å²) in [6, 6.07) is 8.71. The number of thioether (sulfide) groups is 1. The first-order chi connectivity index (χ1) is 11.9. The minimum atomic E-state index is -0.176. The Morgan fingerprint density at radius 3 is 2.12 bits per heavy atom. The molecule has 0 saturated heterocycles. The van der Waals surface area contributed by atoms with Crippen LogP contribution in [-0.4, -0.2) is 41.9 Å². The Morgan fingerprint density at radius 1 is 1.04 bits per heavy atom. The van der Waals surface area contributed by atoms with Crippen LogP contribution in [0.3, 0.4) is 0 Å². The number of nitrogens with zero attached hydrogens (tertiary/aromatic N) is 2. The van der Waals surface area contributed by atoms with Crippen molar-refractivity contribution in [3.05, 3.63) is 29.8 Å². The number of ether oxygens (including phenoxy) is 1. The highest BCUT2D eigenvalue weighted by molar-refractivity contribution is 7.99. The first-order valence-electron chi connectivity index (χ1n) is 8.69. The fourth-order valence-corrected chi connectivity index (χ4v) is 2.89. The second-order valence-corrected chi connectivity index (χ2v) is 7.70. The zero-order valence-corrected chi connectivity index (χ0v) is 16.5. The van der Waals surface area contributed by atoms with Gasteiger partial charge >= 0.3 is 0 Å². The van der Waals surface area contributed by atoms with Crippen LogP contribution in [0.5, 0.6) is 5.75 Å². The van der Waals surface area contributed by atoms with Gasteiger partial charge in [-0.25, -0.2) is 9.98 Å². The summed E-state index contributed by atoms with van der Waals surface area (Å²) in [4.78, 5) is 9.22. The van der Waals surface area contributed by atoms with Gasteiger partial charge in [0.1, 0.15) is 5.75 Å². The van der Waals surface area contributed by atoms with Gasteiger partial charge in [0, 0.05) is 17.8 Å². The Morgan fingerprint density at radius 2 is 1.60 bits per heavy atom. The Hall–Kier alpha value is -1.89. The molecule has 1 aromatic rings. The number of benzene rings is 1. The number of rotatable bonds is 7. The Balaban J connectivity index is 1.85. The van der Waals surface area contributed by atoms with Gasteiger partial charge in [-0.2, -0.15) is 0 Å². The molecular weight excluding hydrogens is 334 g/mol. The summed E-state index contributed by atoms with van der Waals surface area (Å²) < 4.78 is 5.77. The topological polar surface area (TPSA) is 70.0 Å². The molecule has 0 unspecified atom stereocenters. The van der Waals surface area contributed by atoms with E-state index in [0.29, 0.717) is 18.7 Å². The maximum Gasteiger partial charge on any atom is 0.201 e. The normalized spacial score (nSPS) is 14.8. The zero-order chi connectivity index (χ0) is 18.2. The van der Waals surface area contributed by atoms with Crippen molar-refractivity contribution in [3.63, 3.8) is 0 Å². The molecule has 0 radical (unpaired) electrons. The first kappa shape index (κ1) is 19.4. The molecule has 6 nitrogen and oxygen atoms in total. The molecule has 3 N–H and O–H groups in total.